The van der Waals surface area contributed by atoms with Crippen LogP contribution in [0, 0.1) is 0 Å². The summed E-state index contributed by atoms with van der Waals surface area (Å²) in [7, 11) is 0. The average Bonchev–Trinajstić information content (AvgIpc) is 2.25. The fraction of sp³-hybridized carbons (Fsp3) is 0.300. The van der Waals surface area contributed by atoms with Gasteiger partial charge in [-0.1, -0.05) is 6.07 Å². The molecule has 1 aromatic carbocycles. The van der Waals surface area contributed by atoms with E-state index in [2.05, 4.69) is 37.2 Å². The highest BCUT2D eigenvalue weighted by Gasteiger charge is 2.08. The Bertz CT molecular complexity index is 351. The van der Waals surface area contributed by atoms with Gasteiger partial charge in [-0.05, 0) is 44.0 Å². The van der Waals surface area contributed by atoms with Crippen LogP contribution in [0.4, 0.5) is 0 Å². The fourth-order valence-electron chi connectivity index (χ4n) is 1.00. The van der Waals surface area contributed by atoms with Crippen LogP contribution in [0.3, 0.4) is 0 Å². The molecule has 0 aliphatic heterocycles. The minimum atomic E-state index is -0.267. The number of ether oxygens (including phenoxy) is 1. The molecule has 0 aliphatic carbocycles. The zero-order valence-corrected chi connectivity index (χ0v) is 11.5. The van der Waals surface area contributed by atoms with Crippen molar-refractivity contribution in [1.29, 1.82) is 0 Å². The number of rotatable bonds is 5. The third-order valence-corrected chi connectivity index (χ3v) is 2.95. The van der Waals surface area contributed by atoms with Crippen molar-refractivity contribution in [2.24, 2.45) is 0 Å². The van der Waals surface area contributed by atoms with E-state index in [1.165, 1.54) is 0 Å². The molecule has 0 unspecified atom stereocenters. The number of benzene rings is 1. The Morgan fingerprint density at radius 1 is 1.38 bits per heavy atom. The summed E-state index contributed by atoms with van der Waals surface area (Å²) in [6.45, 7) is 0.0744. The van der Waals surface area contributed by atoms with Crippen LogP contribution in [-0.2, 0) is 4.79 Å². The summed E-state index contributed by atoms with van der Waals surface area (Å²) in [6, 6.07) is 5.50. The van der Waals surface area contributed by atoms with Crippen LogP contribution in [-0.4, -0.2) is 30.8 Å². The predicted molar refractivity (Wildman–Crippen MR) is 67.4 cm³/mol. The number of amides is 1. The molecule has 1 amide bonds. The van der Waals surface area contributed by atoms with Crippen molar-refractivity contribution in [1.82, 2.24) is 5.32 Å². The van der Waals surface area contributed by atoms with E-state index in [9.17, 15) is 4.79 Å². The van der Waals surface area contributed by atoms with E-state index in [1.54, 1.807) is 0 Å². The lowest BCUT2D eigenvalue weighted by Crippen LogP contribution is -2.31. The molecule has 2 N–H and O–H groups in total. The first-order chi connectivity index (χ1) is 7.65. The number of nitrogens with one attached hydrogen (secondary N) is 1. The molecule has 0 radical (unpaired) electrons. The first-order valence-electron chi connectivity index (χ1n) is 4.59. The Labute approximate surface area is 110 Å². The zero-order chi connectivity index (χ0) is 12.0. The van der Waals surface area contributed by atoms with Gasteiger partial charge in [-0.15, -0.1) is 0 Å². The second-order valence-corrected chi connectivity index (χ2v) is 4.62. The number of carbonyl (C=O) groups is 1. The van der Waals surface area contributed by atoms with Gasteiger partial charge in [0.1, 0.15) is 5.75 Å². The van der Waals surface area contributed by atoms with Gasteiger partial charge in [0.15, 0.2) is 6.61 Å². The third kappa shape index (κ3) is 4.11. The topological polar surface area (TPSA) is 58.6 Å². The van der Waals surface area contributed by atoms with Crippen LogP contribution in [0.25, 0.3) is 0 Å². The summed E-state index contributed by atoms with van der Waals surface area (Å²) in [5, 5.41) is 11.0. The third-order valence-electron chi connectivity index (χ3n) is 1.70. The van der Waals surface area contributed by atoms with Crippen LogP contribution < -0.4 is 10.1 Å². The maximum Gasteiger partial charge on any atom is 0.258 e. The number of aliphatic hydroxyl groups excluding tert-OH is 1. The standard InChI is InChI=1S/C10H11Br2NO3/c11-7-2-1-3-8(12)10(7)16-6-9(15)13-4-5-14/h1-3,14H,4-6H2,(H,13,15). The van der Waals surface area contributed by atoms with E-state index in [1.807, 2.05) is 18.2 Å². The Kier molecular flexibility index (Phi) is 5.79. The van der Waals surface area contributed by atoms with Crippen LogP contribution in [0.1, 0.15) is 0 Å². The van der Waals surface area contributed by atoms with Gasteiger partial charge in [0, 0.05) is 6.54 Å². The molecule has 0 aromatic heterocycles. The van der Waals surface area contributed by atoms with Gasteiger partial charge in [0.2, 0.25) is 0 Å². The number of para-hydroxylation sites is 1. The summed E-state index contributed by atoms with van der Waals surface area (Å²) in [5.74, 6) is 0.318. The van der Waals surface area contributed by atoms with Gasteiger partial charge in [0.25, 0.3) is 5.91 Å². The van der Waals surface area contributed by atoms with E-state index in [4.69, 9.17) is 9.84 Å². The molecule has 0 aliphatic rings. The monoisotopic (exact) mass is 351 g/mol. The normalized spacial score (nSPS) is 9.94. The molecule has 1 aromatic rings. The lowest BCUT2D eigenvalue weighted by Gasteiger charge is -2.09. The lowest BCUT2D eigenvalue weighted by atomic mass is 10.3. The second-order valence-electron chi connectivity index (χ2n) is 2.91. The van der Waals surface area contributed by atoms with Gasteiger partial charge in [0.05, 0.1) is 15.6 Å². The van der Waals surface area contributed by atoms with Gasteiger partial charge >= 0.3 is 0 Å². The summed E-state index contributed by atoms with van der Waals surface area (Å²) in [4.78, 5) is 11.2. The van der Waals surface area contributed by atoms with E-state index in [-0.39, 0.29) is 25.7 Å². The van der Waals surface area contributed by atoms with Gasteiger partial charge in [-0.25, -0.2) is 0 Å². The Hall–Kier alpha value is -0.590. The summed E-state index contributed by atoms with van der Waals surface area (Å²) >= 11 is 6.65. The summed E-state index contributed by atoms with van der Waals surface area (Å²) in [6.07, 6.45) is 0. The molecule has 0 heterocycles. The Balaban J connectivity index is 2.51. The Morgan fingerprint density at radius 2 is 2.00 bits per heavy atom. The minimum Gasteiger partial charge on any atom is -0.481 e. The van der Waals surface area contributed by atoms with Crippen molar-refractivity contribution >= 4 is 37.8 Å². The molecule has 0 fully saturated rings. The highest BCUT2D eigenvalue weighted by atomic mass is 79.9. The smallest absolute Gasteiger partial charge is 0.258 e. The number of aliphatic hydroxyl groups is 1. The quantitative estimate of drug-likeness (QED) is 0.848. The molecule has 16 heavy (non-hydrogen) atoms. The largest absolute Gasteiger partial charge is 0.481 e. The highest BCUT2D eigenvalue weighted by molar-refractivity contribution is 9.11. The van der Waals surface area contributed by atoms with Crippen LogP contribution in [0.15, 0.2) is 27.1 Å². The SMILES string of the molecule is O=C(COc1c(Br)cccc1Br)NCCO. The van der Waals surface area contributed by atoms with Crippen molar-refractivity contribution in [3.63, 3.8) is 0 Å². The molecule has 0 saturated carbocycles. The maximum atomic E-state index is 11.2. The second kappa shape index (κ2) is 6.88. The maximum absolute atomic E-state index is 11.2. The van der Waals surface area contributed by atoms with E-state index >= 15 is 0 Å². The van der Waals surface area contributed by atoms with E-state index < -0.39 is 0 Å². The molecule has 0 saturated heterocycles. The molecule has 88 valence electrons. The lowest BCUT2D eigenvalue weighted by molar-refractivity contribution is -0.123. The van der Waals surface area contributed by atoms with Gasteiger partial charge < -0.3 is 15.2 Å². The number of halogens is 2. The van der Waals surface area contributed by atoms with Gasteiger partial charge in [-0.2, -0.15) is 0 Å². The molecular formula is C10H11Br2NO3. The number of hydrogen-bond donors (Lipinski definition) is 2. The van der Waals surface area contributed by atoms with Crippen LogP contribution in [0.2, 0.25) is 0 Å². The first-order valence-corrected chi connectivity index (χ1v) is 6.18. The molecule has 0 bridgehead atoms. The number of carbonyl (C=O) groups excluding carboxylic acids is 1. The van der Waals surface area contributed by atoms with Crippen molar-refractivity contribution in [2.75, 3.05) is 19.8 Å². The van der Waals surface area contributed by atoms with E-state index in [0.29, 0.717) is 5.75 Å². The van der Waals surface area contributed by atoms with Crippen LogP contribution >= 0.6 is 31.9 Å². The first kappa shape index (κ1) is 13.5. The summed E-state index contributed by atoms with van der Waals surface area (Å²) in [5.41, 5.74) is 0. The zero-order valence-electron chi connectivity index (χ0n) is 8.37. The van der Waals surface area contributed by atoms with Crippen molar-refractivity contribution in [3.05, 3.63) is 27.1 Å². The molecule has 1 rings (SSSR count). The van der Waals surface area contributed by atoms with Crippen molar-refractivity contribution < 1.29 is 14.6 Å². The van der Waals surface area contributed by atoms with Crippen molar-refractivity contribution in [2.45, 2.75) is 0 Å². The molecule has 4 nitrogen and oxygen atoms in total. The number of hydrogen-bond acceptors (Lipinski definition) is 3. The highest BCUT2D eigenvalue weighted by Crippen LogP contribution is 2.32. The average molecular weight is 353 g/mol. The van der Waals surface area contributed by atoms with Crippen molar-refractivity contribution in [3.8, 4) is 5.75 Å². The van der Waals surface area contributed by atoms with Crippen LogP contribution in [0.5, 0.6) is 5.75 Å². The molecule has 6 heteroatoms. The van der Waals surface area contributed by atoms with Gasteiger partial charge in [-0.3, -0.25) is 4.79 Å². The Morgan fingerprint density at radius 3 is 2.56 bits per heavy atom. The predicted octanol–water partition coefficient (Wildman–Crippen LogP) is 1.70. The molecular weight excluding hydrogens is 342 g/mol. The summed E-state index contributed by atoms with van der Waals surface area (Å²) < 4.78 is 6.89. The van der Waals surface area contributed by atoms with E-state index in [0.717, 1.165) is 8.95 Å². The molecule has 0 atom stereocenters. The fourth-order valence-corrected chi connectivity index (χ4v) is 2.23. The minimum absolute atomic E-state index is 0.0789. The molecule has 0 spiro atoms.